The van der Waals surface area contributed by atoms with Gasteiger partial charge in [-0.3, -0.25) is 9.48 Å². The van der Waals surface area contributed by atoms with E-state index in [1.54, 1.807) is 18.2 Å². The van der Waals surface area contributed by atoms with Gasteiger partial charge >= 0.3 is 6.18 Å². The lowest BCUT2D eigenvalue weighted by Crippen LogP contribution is -2.16. The van der Waals surface area contributed by atoms with Crippen molar-refractivity contribution in [3.05, 3.63) is 74.2 Å². The van der Waals surface area contributed by atoms with Gasteiger partial charge in [0.1, 0.15) is 10.7 Å². The number of carbonyl (C=O) groups excluding carboxylic acids is 1. The second kappa shape index (κ2) is 8.27. The number of amides is 1. The molecule has 7 nitrogen and oxygen atoms in total. The molecule has 32 heavy (non-hydrogen) atoms. The zero-order valence-electron chi connectivity index (χ0n) is 16.1. The number of nitrogens with zero attached hydrogens (tertiary/aromatic N) is 5. The minimum Gasteiger partial charge on any atom is -0.302 e. The summed E-state index contributed by atoms with van der Waals surface area (Å²) in [4.78, 5) is 16.6. The van der Waals surface area contributed by atoms with Crippen LogP contribution in [0.4, 0.5) is 19.0 Å². The van der Waals surface area contributed by atoms with Crippen LogP contribution in [-0.4, -0.2) is 30.3 Å². The molecule has 4 rings (SSSR count). The number of alkyl halides is 3. The summed E-state index contributed by atoms with van der Waals surface area (Å²) in [6.45, 7) is 1.67. The molecule has 0 fully saturated rings. The molecule has 0 aliphatic carbocycles. The normalized spacial score (nSPS) is 11.8. The molecule has 1 amide bonds. The highest BCUT2D eigenvalue weighted by molar-refractivity contribution is 6.35. The van der Waals surface area contributed by atoms with Crippen LogP contribution in [0.3, 0.4) is 0 Å². The lowest BCUT2D eigenvalue weighted by molar-refractivity contribution is -0.142. The van der Waals surface area contributed by atoms with Gasteiger partial charge in [0.15, 0.2) is 17.2 Å². The van der Waals surface area contributed by atoms with E-state index in [-0.39, 0.29) is 34.4 Å². The van der Waals surface area contributed by atoms with Gasteiger partial charge in [0.05, 0.1) is 6.54 Å². The molecule has 4 aromatic rings. The van der Waals surface area contributed by atoms with E-state index in [4.69, 9.17) is 34.8 Å². The summed E-state index contributed by atoms with van der Waals surface area (Å²) in [5, 5.41) is 11.4. The second-order valence-corrected chi connectivity index (χ2v) is 8.04. The number of halogens is 6. The van der Waals surface area contributed by atoms with Gasteiger partial charge in [0.2, 0.25) is 0 Å². The van der Waals surface area contributed by atoms with Crippen LogP contribution in [0.25, 0.3) is 5.65 Å². The van der Waals surface area contributed by atoms with E-state index in [0.29, 0.717) is 14.6 Å². The number of aromatic nitrogens is 5. The van der Waals surface area contributed by atoms with Gasteiger partial charge in [-0.2, -0.15) is 23.4 Å². The van der Waals surface area contributed by atoms with E-state index in [2.05, 4.69) is 20.5 Å². The van der Waals surface area contributed by atoms with E-state index in [9.17, 15) is 18.0 Å². The quantitative estimate of drug-likeness (QED) is 0.398. The van der Waals surface area contributed by atoms with E-state index >= 15 is 0 Å². The SMILES string of the molecule is Cc1cc(C(F)(F)F)n2nc(C(=O)Nc3nn(Cc4ccc(Cl)cc4Cl)cc3Cl)cc2n1. The first-order valence-corrected chi connectivity index (χ1v) is 10.1. The van der Waals surface area contributed by atoms with Crippen molar-refractivity contribution in [2.24, 2.45) is 0 Å². The Kier molecular flexibility index (Phi) is 5.78. The molecule has 0 aliphatic heterocycles. The van der Waals surface area contributed by atoms with E-state index in [0.717, 1.165) is 17.7 Å². The van der Waals surface area contributed by atoms with Crippen LogP contribution in [0.1, 0.15) is 27.4 Å². The molecule has 13 heteroatoms. The molecule has 0 saturated heterocycles. The first kappa shape index (κ1) is 22.4. The Labute approximate surface area is 193 Å². The molecule has 166 valence electrons. The molecule has 1 aromatic carbocycles. The van der Waals surface area contributed by atoms with Gasteiger partial charge in [0.25, 0.3) is 5.91 Å². The van der Waals surface area contributed by atoms with Gasteiger partial charge in [-0.15, -0.1) is 0 Å². The predicted molar refractivity (Wildman–Crippen MR) is 113 cm³/mol. The van der Waals surface area contributed by atoms with E-state index in [1.807, 2.05) is 0 Å². The number of aryl methyl sites for hydroxylation is 1. The van der Waals surface area contributed by atoms with Crippen LogP contribution in [0.15, 0.2) is 36.5 Å². The predicted octanol–water partition coefficient (Wildman–Crippen LogP) is 5.51. The molecule has 3 heterocycles. The molecule has 1 N–H and O–H groups in total. The molecule has 0 radical (unpaired) electrons. The van der Waals surface area contributed by atoms with Crippen molar-refractivity contribution in [1.82, 2.24) is 24.4 Å². The fourth-order valence-corrected chi connectivity index (χ4v) is 3.64. The maximum absolute atomic E-state index is 13.3. The summed E-state index contributed by atoms with van der Waals surface area (Å²) in [5.41, 5.74) is -0.577. The van der Waals surface area contributed by atoms with Crippen molar-refractivity contribution in [2.45, 2.75) is 19.6 Å². The monoisotopic (exact) mass is 502 g/mol. The van der Waals surface area contributed by atoms with Crippen molar-refractivity contribution < 1.29 is 18.0 Å². The van der Waals surface area contributed by atoms with Crippen LogP contribution in [0.5, 0.6) is 0 Å². The van der Waals surface area contributed by atoms with Gasteiger partial charge < -0.3 is 5.32 Å². The van der Waals surface area contributed by atoms with Crippen molar-refractivity contribution in [2.75, 3.05) is 5.32 Å². The van der Waals surface area contributed by atoms with E-state index < -0.39 is 17.8 Å². The zero-order valence-corrected chi connectivity index (χ0v) is 18.4. The minimum atomic E-state index is -4.67. The number of hydrogen-bond donors (Lipinski definition) is 1. The molecule has 0 atom stereocenters. The molecule has 0 aliphatic rings. The summed E-state index contributed by atoms with van der Waals surface area (Å²) in [6, 6.07) is 6.98. The molecular formula is C19H12Cl3F3N6O. The standard InChI is InChI=1S/C19H12Cl3F3N6O/c1-9-4-15(19(23,24)25)31-16(26-9)6-14(28-31)18(32)27-17-13(22)8-30(29-17)7-10-2-3-11(20)5-12(10)21/h2-6,8H,7H2,1H3,(H,27,29,32). The van der Waals surface area contributed by atoms with E-state index in [1.165, 1.54) is 17.8 Å². The molecule has 3 aromatic heterocycles. The average Bonchev–Trinajstić information content (AvgIpc) is 3.26. The number of hydrogen-bond acceptors (Lipinski definition) is 4. The summed E-state index contributed by atoms with van der Waals surface area (Å²) >= 11 is 18.2. The Hall–Kier alpha value is -2.82. The third-order valence-electron chi connectivity index (χ3n) is 4.37. The fourth-order valence-electron chi connectivity index (χ4n) is 2.97. The third-order valence-corrected chi connectivity index (χ3v) is 5.24. The lowest BCUT2D eigenvalue weighted by atomic mass is 10.2. The van der Waals surface area contributed by atoms with Gasteiger partial charge in [-0.25, -0.2) is 9.50 Å². The topological polar surface area (TPSA) is 77.1 Å². The van der Waals surface area contributed by atoms with Crippen LogP contribution >= 0.6 is 34.8 Å². The van der Waals surface area contributed by atoms with Gasteiger partial charge in [-0.1, -0.05) is 40.9 Å². The van der Waals surface area contributed by atoms with Crippen LogP contribution in [0.2, 0.25) is 15.1 Å². The maximum atomic E-state index is 13.3. The van der Waals surface area contributed by atoms with Crippen molar-refractivity contribution in [1.29, 1.82) is 0 Å². The Bertz CT molecular complexity index is 1350. The van der Waals surface area contributed by atoms with Crippen molar-refractivity contribution in [3.8, 4) is 0 Å². The number of rotatable bonds is 4. The zero-order chi connectivity index (χ0) is 23.2. The Balaban J connectivity index is 1.59. The maximum Gasteiger partial charge on any atom is 0.433 e. The molecule has 0 spiro atoms. The fraction of sp³-hybridized carbons (Fsp3) is 0.158. The first-order chi connectivity index (χ1) is 15.0. The third kappa shape index (κ3) is 4.52. The Morgan fingerprint density at radius 1 is 1.09 bits per heavy atom. The largest absolute Gasteiger partial charge is 0.433 e. The smallest absolute Gasteiger partial charge is 0.302 e. The highest BCUT2D eigenvalue weighted by Gasteiger charge is 2.35. The average molecular weight is 504 g/mol. The summed E-state index contributed by atoms with van der Waals surface area (Å²) in [7, 11) is 0. The number of benzene rings is 1. The summed E-state index contributed by atoms with van der Waals surface area (Å²) in [6.07, 6.45) is -3.20. The van der Waals surface area contributed by atoms with Crippen molar-refractivity contribution >= 4 is 52.2 Å². The summed E-state index contributed by atoms with van der Waals surface area (Å²) in [5.74, 6) is -0.781. The minimum absolute atomic E-state index is 0.0130. The number of anilines is 1. The second-order valence-electron chi connectivity index (χ2n) is 6.79. The van der Waals surface area contributed by atoms with Gasteiger partial charge in [0, 0.05) is 28.0 Å². The van der Waals surface area contributed by atoms with Crippen LogP contribution in [0, 0.1) is 6.92 Å². The lowest BCUT2D eigenvalue weighted by Gasteiger charge is -2.09. The molecular weight excluding hydrogens is 492 g/mol. The molecule has 0 unspecified atom stereocenters. The molecule has 0 saturated carbocycles. The summed E-state index contributed by atoms with van der Waals surface area (Å²) < 4.78 is 41.9. The highest BCUT2D eigenvalue weighted by Crippen LogP contribution is 2.30. The first-order valence-electron chi connectivity index (χ1n) is 8.94. The number of nitrogens with one attached hydrogen (secondary N) is 1. The van der Waals surface area contributed by atoms with Gasteiger partial charge in [-0.05, 0) is 30.7 Å². The number of carbonyl (C=O) groups is 1. The Morgan fingerprint density at radius 3 is 2.53 bits per heavy atom. The highest BCUT2D eigenvalue weighted by atomic mass is 35.5. The van der Waals surface area contributed by atoms with Crippen LogP contribution < -0.4 is 5.32 Å². The van der Waals surface area contributed by atoms with Crippen LogP contribution in [-0.2, 0) is 12.7 Å². The molecule has 0 bridgehead atoms. The Morgan fingerprint density at radius 2 is 1.84 bits per heavy atom. The van der Waals surface area contributed by atoms with Crippen molar-refractivity contribution in [3.63, 3.8) is 0 Å². The number of fused-ring (bicyclic) bond motifs is 1.